The topological polar surface area (TPSA) is 177 Å². The Morgan fingerprint density at radius 3 is 1.90 bits per heavy atom. The molecule has 0 bridgehead atoms. The molecular formula is C37H64N6O7. The second kappa shape index (κ2) is 18.9. The standard InChI is InChI=1S/C37H64N6O7/c1-8-19-38-34(48)30(25(4)44)41-33(47)28-18-14-21-42(28)35(49)24(3)39-32(46)27-17-12-13-20-43(27)36(50)31(37(5,6)7)40-29(45)22-23(2)26-15-10-9-11-16-26/h23-28,30-31,44H,8-22H2,1-7H3,(H,38,48)(H,39,46)(H,40,45)(H,41,47)/t23-,24-,25+,27-,28-,30-,31+/m0/s1. The van der Waals surface area contributed by atoms with Crippen molar-refractivity contribution in [3.05, 3.63) is 0 Å². The highest BCUT2D eigenvalue weighted by molar-refractivity contribution is 5.97. The summed E-state index contributed by atoms with van der Waals surface area (Å²) >= 11 is 0. The van der Waals surface area contributed by atoms with Gasteiger partial charge in [-0.2, -0.15) is 0 Å². The molecule has 284 valence electrons. The number of piperidine rings is 1. The van der Waals surface area contributed by atoms with Crippen LogP contribution in [0.5, 0.6) is 0 Å². The van der Waals surface area contributed by atoms with Gasteiger partial charge < -0.3 is 36.2 Å². The molecule has 2 saturated heterocycles. The normalized spacial score (nSPS) is 23.2. The summed E-state index contributed by atoms with van der Waals surface area (Å²) in [5.41, 5.74) is -0.600. The van der Waals surface area contributed by atoms with Crippen molar-refractivity contribution in [3.8, 4) is 0 Å². The Morgan fingerprint density at radius 1 is 0.740 bits per heavy atom. The third kappa shape index (κ3) is 11.1. The first-order chi connectivity index (χ1) is 23.6. The van der Waals surface area contributed by atoms with Crippen LogP contribution in [0.2, 0.25) is 0 Å². The molecule has 0 radical (unpaired) electrons. The molecule has 3 aliphatic rings. The maximum absolute atomic E-state index is 14.1. The van der Waals surface area contributed by atoms with Crippen molar-refractivity contribution in [1.29, 1.82) is 0 Å². The first-order valence-corrected chi connectivity index (χ1v) is 19.0. The van der Waals surface area contributed by atoms with Gasteiger partial charge in [-0.1, -0.05) is 66.7 Å². The zero-order chi connectivity index (χ0) is 37.2. The Balaban J connectivity index is 1.65. The Kier molecular flexibility index (Phi) is 15.5. The first kappa shape index (κ1) is 41.2. The number of nitrogens with zero attached hydrogens (tertiary/aromatic N) is 2. The van der Waals surface area contributed by atoms with Gasteiger partial charge in [0, 0.05) is 26.1 Å². The van der Waals surface area contributed by atoms with Crippen LogP contribution in [-0.4, -0.2) is 106 Å². The maximum Gasteiger partial charge on any atom is 0.246 e. The van der Waals surface area contributed by atoms with E-state index < -0.39 is 65.4 Å². The molecule has 13 nitrogen and oxygen atoms in total. The van der Waals surface area contributed by atoms with E-state index in [1.165, 1.54) is 31.1 Å². The lowest BCUT2D eigenvalue weighted by molar-refractivity contribution is -0.148. The van der Waals surface area contributed by atoms with E-state index >= 15 is 0 Å². The maximum atomic E-state index is 14.1. The van der Waals surface area contributed by atoms with Crippen molar-refractivity contribution < 1.29 is 33.9 Å². The minimum Gasteiger partial charge on any atom is -0.391 e. The summed E-state index contributed by atoms with van der Waals surface area (Å²) in [6.07, 6.45) is 8.65. The summed E-state index contributed by atoms with van der Waals surface area (Å²) in [4.78, 5) is 83.6. The molecule has 0 aromatic heterocycles. The molecule has 7 atom stereocenters. The molecule has 0 aromatic carbocycles. The number of aliphatic hydroxyl groups is 1. The third-order valence-electron chi connectivity index (χ3n) is 10.6. The van der Waals surface area contributed by atoms with Crippen molar-refractivity contribution in [3.63, 3.8) is 0 Å². The van der Waals surface area contributed by atoms with Crippen LogP contribution in [0.15, 0.2) is 0 Å². The molecule has 0 spiro atoms. The summed E-state index contributed by atoms with van der Waals surface area (Å²) in [6.45, 7) is 13.8. The second-order valence-electron chi connectivity index (χ2n) is 15.9. The lowest BCUT2D eigenvalue weighted by Gasteiger charge is -2.41. The van der Waals surface area contributed by atoms with Gasteiger partial charge in [0.15, 0.2) is 0 Å². The molecular weight excluding hydrogens is 640 g/mol. The molecule has 3 fully saturated rings. The Morgan fingerprint density at radius 2 is 1.30 bits per heavy atom. The van der Waals surface area contributed by atoms with Crippen LogP contribution >= 0.6 is 0 Å². The van der Waals surface area contributed by atoms with Gasteiger partial charge in [0.2, 0.25) is 35.4 Å². The second-order valence-corrected chi connectivity index (χ2v) is 15.9. The number of carbonyl (C=O) groups is 6. The van der Waals surface area contributed by atoms with Crippen molar-refractivity contribution in [2.24, 2.45) is 17.3 Å². The Labute approximate surface area is 298 Å². The molecule has 0 aromatic rings. The zero-order valence-electron chi connectivity index (χ0n) is 31.5. The van der Waals surface area contributed by atoms with E-state index in [1.54, 1.807) is 11.8 Å². The van der Waals surface area contributed by atoms with E-state index in [1.807, 2.05) is 27.7 Å². The average molecular weight is 705 g/mol. The Hall–Kier alpha value is -3.22. The molecule has 2 aliphatic heterocycles. The number of hydrogen-bond acceptors (Lipinski definition) is 7. The fraction of sp³-hybridized carbons (Fsp3) is 0.838. The molecule has 2 heterocycles. The highest BCUT2D eigenvalue weighted by atomic mass is 16.3. The highest BCUT2D eigenvalue weighted by Crippen LogP contribution is 2.32. The molecule has 1 saturated carbocycles. The van der Waals surface area contributed by atoms with Crippen LogP contribution in [0, 0.1) is 17.3 Å². The molecule has 1 aliphatic carbocycles. The largest absolute Gasteiger partial charge is 0.391 e. The fourth-order valence-electron chi connectivity index (χ4n) is 7.60. The predicted molar refractivity (Wildman–Crippen MR) is 190 cm³/mol. The molecule has 3 rings (SSSR count). The van der Waals surface area contributed by atoms with Gasteiger partial charge >= 0.3 is 0 Å². The fourth-order valence-corrected chi connectivity index (χ4v) is 7.60. The number of hydrogen-bond donors (Lipinski definition) is 5. The van der Waals surface area contributed by atoms with Crippen molar-refractivity contribution >= 4 is 35.4 Å². The molecule has 13 heteroatoms. The van der Waals surface area contributed by atoms with E-state index in [0.717, 1.165) is 25.7 Å². The number of amides is 6. The first-order valence-electron chi connectivity index (χ1n) is 19.0. The summed E-state index contributed by atoms with van der Waals surface area (Å²) in [6, 6.07) is -4.62. The minimum atomic E-state index is -1.17. The minimum absolute atomic E-state index is 0.154. The molecule has 50 heavy (non-hydrogen) atoms. The summed E-state index contributed by atoms with van der Waals surface area (Å²) in [7, 11) is 0. The van der Waals surface area contributed by atoms with Crippen molar-refractivity contribution in [2.45, 2.75) is 162 Å². The summed E-state index contributed by atoms with van der Waals surface area (Å²) in [5, 5.41) is 21.3. The van der Waals surface area contributed by atoms with Gasteiger partial charge in [0.05, 0.1) is 6.10 Å². The van der Waals surface area contributed by atoms with Crippen LogP contribution in [-0.2, 0) is 28.8 Å². The van der Waals surface area contributed by atoms with Crippen molar-refractivity contribution in [1.82, 2.24) is 31.1 Å². The average Bonchev–Trinajstić information content (AvgIpc) is 3.57. The van der Waals surface area contributed by atoms with Gasteiger partial charge in [-0.3, -0.25) is 28.8 Å². The van der Waals surface area contributed by atoms with E-state index in [9.17, 15) is 33.9 Å². The van der Waals surface area contributed by atoms with E-state index in [0.29, 0.717) is 57.7 Å². The molecule has 5 N–H and O–H groups in total. The number of rotatable bonds is 14. The van der Waals surface area contributed by atoms with E-state index in [2.05, 4.69) is 28.2 Å². The number of aliphatic hydroxyl groups excluding tert-OH is 1. The zero-order valence-corrected chi connectivity index (χ0v) is 31.5. The Bertz CT molecular complexity index is 1200. The van der Waals surface area contributed by atoms with Gasteiger partial charge in [-0.25, -0.2) is 0 Å². The van der Waals surface area contributed by atoms with Gasteiger partial charge in [-0.15, -0.1) is 0 Å². The van der Waals surface area contributed by atoms with E-state index in [-0.39, 0.29) is 17.7 Å². The lowest BCUT2D eigenvalue weighted by atomic mass is 9.79. The summed E-state index contributed by atoms with van der Waals surface area (Å²) in [5.74, 6) is -1.65. The van der Waals surface area contributed by atoms with Crippen LogP contribution in [0.3, 0.4) is 0 Å². The van der Waals surface area contributed by atoms with E-state index in [4.69, 9.17) is 0 Å². The summed E-state index contributed by atoms with van der Waals surface area (Å²) < 4.78 is 0. The van der Waals surface area contributed by atoms with Gasteiger partial charge in [0.1, 0.15) is 30.2 Å². The van der Waals surface area contributed by atoms with Crippen LogP contribution in [0.1, 0.15) is 126 Å². The predicted octanol–water partition coefficient (Wildman–Crippen LogP) is 2.39. The molecule has 0 unspecified atom stereocenters. The highest BCUT2D eigenvalue weighted by Gasteiger charge is 2.43. The van der Waals surface area contributed by atoms with Crippen LogP contribution in [0.25, 0.3) is 0 Å². The van der Waals surface area contributed by atoms with Crippen molar-refractivity contribution in [2.75, 3.05) is 19.6 Å². The lowest BCUT2D eigenvalue weighted by Crippen LogP contribution is -2.62. The monoisotopic (exact) mass is 704 g/mol. The number of likely N-dealkylation sites (tertiary alicyclic amines) is 2. The SMILES string of the molecule is CCCNC(=O)[C@@H](NC(=O)[C@@H]1CCCN1C(=O)[C@H](C)NC(=O)[C@@H]1CCCCN1C(=O)[C@@H](NC(=O)C[C@H](C)C1CCCCC1)C(C)(C)C)[C@@H](C)O. The third-order valence-corrected chi connectivity index (χ3v) is 10.6. The smallest absolute Gasteiger partial charge is 0.246 e. The van der Waals surface area contributed by atoms with Gasteiger partial charge in [-0.05, 0) is 69.6 Å². The number of nitrogens with one attached hydrogen (secondary N) is 4. The quantitative estimate of drug-likeness (QED) is 0.184. The van der Waals surface area contributed by atoms with Crippen LogP contribution in [0.4, 0.5) is 0 Å². The number of carbonyl (C=O) groups excluding carboxylic acids is 6. The molecule has 6 amide bonds. The van der Waals surface area contributed by atoms with Gasteiger partial charge in [0.25, 0.3) is 0 Å². The van der Waals surface area contributed by atoms with Crippen LogP contribution < -0.4 is 21.3 Å².